The van der Waals surface area contributed by atoms with E-state index < -0.39 is 0 Å². The maximum atomic E-state index is 4.53. The molecule has 1 aromatic carbocycles. The third-order valence-corrected chi connectivity index (χ3v) is 2.80. The molecule has 0 spiro atoms. The van der Waals surface area contributed by atoms with Crippen LogP contribution in [0.15, 0.2) is 54.9 Å². The molecular formula is C15H12N4. The molecule has 0 saturated heterocycles. The van der Waals surface area contributed by atoms with Gasteiger partial charge in [-0.3, -0.25) is 4.98 Å². The fourth-order valence-corrected chi connectivity index (χ4v) is 1.77. The number of hydrogen-bond acceptors (Lipinski definition) is 4. The fourth-order valence-electron chi connectivity index (χ4n) is 1.77. The molecule has 0 aliphatic rings. The smallest absolute Gasteiger partial charge is 0.183 e. The molecule has 3 aromatic rings. The summed E-state index contributed by atoms with van der Waals surface area (Å²) >= 11 is 0. The van der Waals surface area contributed by atoms with Crippen LogP contribution in [0, 0.1) is 6.92 Å². The summed E-state index contributed by atoms with van der Waals surface area (Å²) in [5, 5.41) is 8.08. The van der Waals surface area contributed by atoms with Crippen molar-refractivity contribution in [2.24, 2.45) is 0 Å². The summed E-state index contributed by atoms with van der Waals surface area (Å²) in [6.45, 7) is 1.95. The highest BCUT2D eigenvalue weighted by atomic mass is 15.1. The molecule has 0 amide bonds. The maximum absolute atomic E-state index is 4.53. The van der Waals surface area contributed by atoms with Gasteiger partial charge in [0.15, 0.2) is 5.82 Å². The van der Waals surface area contributed by atoms with E-state index in [0.717, 1.165) is 22.5 Å². The Bertz CT molecular complexity index is 678. The van der Waals surface area contributed by atoms with Crippen LogP contribution in [-0.4, -0.2) is 20.2 Å². The van der Waals surface area contributed by atoms with Gasteiger partial charge < -0.3 is 0 Å². The van der Waals surface area contributed by atoms with Crippen molar-refractivity contribution < 1.29 is 0 Å². The largest absolute Gasteiger partial charge is 0.261 e. The van der Waals surface area contributed by atoms with Crippen LogP contribution in [0.2, 0.25) is 0 Å². The minimum Gasteiger partial charge on any atom is -0.261 e. The molecule has 0 N–H and O–H groups in total. The zero-order chi connectivity index (χ0) is 13.1. The molecule has 0 aliphatic carbocycles. The van der Waals surface area contributed by atoms with Crippen molar-refractivity contribution in [3.63, 3.8) is 0 Å². The van der Waals surface area contributed by atoms with Crippen LogP contribution in [0.4, 0.5) is 0 Å². The van der Waals surface area contributed by atoms with Gasteiger partial charge in [0.2, 0.25) is 0 Å². The van der Waals surface area contributed by atoms with Crippen LogP contribution in [0.1, 0.15) is 5.69 Å². The van der Waals surface area contributed by atoms with E-state index in [0.29, 0.717) is 5.82 Å². The van der Waals surface area contributed by atoms with Crippen molar-refractivity contribution in [2.45, 2.75) is 6.92 Å². The van der Waals surface area contributed by atoms with Crippen molar-refractivity contribution in [1.29, 1.82) is 0 Å². The summed E-state index contributed by atoms with van der Waals surface area (Å²) in [5.41, 5.74) is 3.68. The monoisotopic (exact) mass is 248 g/mol. The van der Waals surface area contributed by atoms with E-state index in [2.05, 4.69) is 20.2 Å². The molecule has 0 unspecified atom stereocenters. The topological polar surface area (TPSA) is 51.6 Å². The van der Waals surface area contributed by atoms with Crippen LogP contribution < -0.4 is 0 Å². The molecule has 92 valence electrons. The van der Waals surface area contributed by atoms with Crippen LogP contribution in [0.5, 0.6) is 0 Å². The second-order valence-corrected chi connectivity index (χ2v) is 4.22. The highest BCUT2D eigenvalue weighted by molar-refractivity contribution is 5.61. The minimum atomic E-state index is 0.592. The summed E-state index contributed by atoms with van der Waals surface area (Å²) in [5.74, 6) is 0.592. The molecule has 19 heavy (non-hydrogen) atoms. The lowest BCUT2D eigenvalue weighted by Crippen LogP contribution is -1.95. The van der Waals surface area contributed by atoms with Crippen LogP contribution in [0.25, 0.3) is 22.6 Å². The fraction of sp³-hybridized carbons (Fsp3) is 0.0667. The predicted molar refractivity (Wildman–Crippen MR) is 73.2 cm³/mol. The molecule has 4 heteroatoms. The van der Waals surface area contributed by atoms with Gasteiger partial charge in [-0.25, -0.2) is 4.98 Å². The lowest BCUT2D eigenvalue weighted by atomic mass is 10.1. The summed E-state index contributed by atoms with van der Waals surface area (Å²) in [6.07, 6.45) is 3.43. The molecule has 3 rings (SSSR count). The van der Waals surface area contributed by atoms with Gasteiger partial charge in [-0.1, -0.05) is 30.3 Å². The first-order valence-corrected chi connectivity index (χ1v) is 6.01. The predicted octanol–water partition coefficient (Wildman–Crippen LogP) is 2.91. The molecule has 2 heterocycles. The first kappa shape index (κ1) is 11.5. The lowest BCUT2D eigenvalue weighted by molar-refractivity contribution is 0.981. The first-order chi connectivity index (χ1) is 9.33. The Hall–Kier alpha value is -2.62. The van der Waals surface area contributed by atoms with Gasteiger partial charge in [0, 0.05) is 23.0 Å². The van der Waals surface area contributed by atoms with Crippen LogP contribution in [0.3, 0.4) is 0 Å². The Morgan fingerprint density at radius 1 is 0.842 bits per heavy atom. The van der Waals surface area contributed by atoms with Gasteiger partial charge in [0.25, 0.3) is 0 Å². The number of nitrogens with zero attached hydrogens (tertiary/aromatic N) is 4. The third kappa shape index (κ3) is 2.47. The minimum absolute atomic E-state index is 0.592. The molecule has 4 nitrogen and oxygen atoms in total. The molecule has 0 fully saturated rings. The standard InChI is InChI=1S/C15H12N4/c1-11-7-8-13(9-16-11)15-18-14(10-17-19-15)12-5-3-2-4-6-12/h2-10H,1H3. The van der Waals surface area contributed by atoms with E-state index in [1.54, 1.807) is 12.4 Å². The number of hydrogen-bond donors (Lipinski definition) is 0. The van der Waals surface area contributed by atoms with E-state index in [-0.39, 0.29) is 0 Å². The van der Waals surface area contributed by atoms with Crippen molar-refractivity contribution in [2.75, 3.05) is 0 Å². The highest BCUT2D eigenvalue weighted by Crippen LogP contribution is 2.19. The zero-order valence-corrected chi connectivity index (χ0v) is 10.5. The Balaban J connectivity index is 2.03. The molecule has 0 bridgehead atoms. The first-order valence-electron chi connectivity index (χ1n) is 6.01. The Morgan fingerprint density at radius 2 is 1.68 bits per heavy atom. The maximum Gasteiger partial charge on any atom is 0.183 e. The van der Waals surface area contributed by atoms with E-state index in [1.165, 1.54) is 0 Å². The van der Waals surface area contributed by atoms with Gasteiger partial charge in [-0.05, 0) is 19.1 Å². The third-order valence-electron chi connectivity index (χ3n) is 2.80. The second kappa shape index (κ2) is 4.94. The number of pyridine rings is 1. The summed E-state index contributed by atoms with van der Waals surface area (Å²) < 4.78 is 0. The van der Waals surface area contributed by atoms with E-state index >= 15 is 0 Å². The van der Waals surface area contributed by atoms with Crippen molar-refractivity contribution in [1.82, 2.24) is 20.2 Å². The average Bonchev–Trinajstić information content (AvgIpc) is 2.49. The molecule has 2 aromatic heterocycles. The normalized spacial score (nSPS) is 10.4. The van der Waals surface area contributed by atoms with Crippen LogP contribution in [-0.2, 0) is 0 Å². The lowest BCUT2D eigenvalue weighted by Gasteiger charge is -2.03. The van der Waals surface area contributed by atoms with Crippen LogP contribution >= 0.6 is 0 Å². The van der Waals surface area contributed by atoms with Crippen molar-refractivity contribution >= 4 is 0 Å². The SMILES string of the molecule is Cc1ccc(-c2nncc(-c3ccccc3)n2)cn1. The zero-order valence-electron chi connectivity index (χ0n) is 10.5. The Morgan fingerprint density at radius 3 is 2.42 bits per heavy atom. The Labute approximate surface area is 111 Å². The molecule has 0 aliphatic heterocycles. The summed E-state index contributed by atoms with van der Waals surface area (Å²) in [7, 11) is 0. The second-order valence-electron chi connectivity index (χ2n) is 4.22. The average molecular weight is 248 g/mol. The van der Waals surface area contributed by atoms with E-state index in [1.807, 2.05) is 49.4 Å². The number of rotatable bonds is 2. The van der Waals surface area contributed by atoms with E-state index in [4.69, 9.17) is 0 Å². The number of aryl methyl sites for hydroxylation is 1. The van der Waals surface area contributed by atoms with Gasteiger partial charge in [-0.15, -0.1) is 5.10 Å². The molecule has 0 radical (unpaired) electrons. The van der Waals surface area contributed by atoms with Crippen molar-refractivity contribution in [3.8, 4) is 22.6 Å². The highest BCUT2D eigenvalue weighted by Gasteiger charge is 2.05. The number of aromatic nitrogens is 4. The summed E-state index contributed by atoms with van der Waals surface area (Å²) in [4.78, 5) is 8.78. The number of benzene rings is 1. The molecule has 0 atom stereocenters. The van der Waals surface area contributed by atoms with Crippen molar-refractivity contribution in [3.05, 3.63) is 60.6 Å². The molecule has 0 saturated carbocycles. The Kier molecular flexibility index (Phi) is 2.98. The van der Waals surface area contributed by atoms with E-state index in [9.17, 15) is 0 Å². The van der Waals surface area contributed by atoms with Gasteiger partial charge in [-0.2, -0.15) is 5.10 Å². The quantitative estimate of drug-likeness (QED) is 0.699. The summed E-state index contributed by atoms with van der Waals surface area (Å²) in [6, 6.07) is 13.8. The van der Waals surface area contributed by atoms with Gasteiger partial charge in [0.05, 0.1) is 11.9 Å². The van der Waals surface area contributed by atoms with Gasteiger partial charge in [0.1, 0.15) is 0 Å². The van der Waals surface area contributed by atoms with Gasteiger partial charge >= 0.3 is 0 Å². The molecular weight excluding hydrogens is 236 g/mol.